The summed E-state index contributed by atoms with van der Waals surface area (Å²) in [4.78, 5) is 24.8. The van der Waals surface area contributed by atoms with E-state index in [1.54, 1.807) is 43.3 Å². The summed E-state index contributed by atoms with van der Waals surface area (Å²) in [6.45, 7) is 1.70. The quantitative estimate of drug-likeness (QED) is 0.725. The minimum Gasteiger partial charge on any atom is -0.504 e. The number of benzene rings is 2. The number of ether oxygens (including phenoxy) is 3. The van der Waals surface area contributed by atoms with Gasteiger partial charge in [0.1, 0.15) is 5.75 Å². The standard InChI is InChI=1S/C20H23NO6/c1-20(12-17(22)27-4,13-7-5-8-14(11-13)25-2)21-19(24)15-9-6-10-16(26-3)18(15)23/h5-11,23H,12H2,1-4H3,(H,21,24)/t20-/m1/s1. The van der Waals surface area contributed by atoms with Crippen molar-refractivity contribution in [3.05, 3.63) is 53.6 Å². The number of hydrogen-bond donors (Lipinski definition) is 2. The van der Waals surface area contributed by atoms with Crippen molar-refractivity contribution in [2.24, 2.45) is 0 Å². The molecule has 0 aliphatic heterocycles. The van der Waals surface area contributed by atoms with Crippen LogP contribution in [0, 0.1) is 0 Å². The van der Waals surface area contributed by atoms with Crippen molar-refractivity contribution in [3.8, 4) is 17.2 Å². The number of carbonyl (C=O) groups excluding carboxylic acids is 2. The van der Waals surface area contributed by atoms with E-state index < -0.39 is 17.4 Å². The van der Waals surface area contributed by atoms with Gasteiger partial charge < -0.3 is 24.6 Å². The van der Waals surface area contributed by atoms with Crippen LogP contribution in [0.1, 0.15) is 29.3 Å². The summed E-state index contributed by atoms with van der Waals surface area (Å²) < 4.78 is 15.1. The number of hydrogen-bond acceptors (Lipinski definition) is 6. The van der Waals surface area contributed by atoms with Gasteiger partial charge in [-0.3, -0.25) is 9.59 Å². The predicted octanol–water partition coefficient (Wildman–Crippen LogP) is 2.62. The zero-order chi connectivity index (χ0) is 20.0. The van der Waals surface area contributed by atoms with E-state index in [0.717, 1.165) is 0 Å². The van der Waals surface area contributed by atoms with Crippen molar-refractivity contribution in [3.63, 3.8) is 0 Å². The molecule has 2 N–H and O–H groups in total. The molecule has 0 unspecified atom stereocenters. The van der Waals surface area contributed by atoms with Crippen LogP contribution in [0.4, 0.5) is 0 Å². The van der Waals surface area contributed by atoms with Crippen LogP contribution in [-0.2, 0) is 15.1 Å². The Bertz CT molecular complexity index is 835. The third-order valence-electron chi connectivity index (χ3n) is 4.29. The minimum absolute atomic E-state index is 0.0355. The molecule has 0 fully saturated rings. The van der Waals surface area contributed by atoms with Crippen LogP contribution in [0.25, 0.3) is 0 Å². The van der Waals surface area contributed by atoms with E-state index in [0.29, 0.717) is 11.3 Å². The lowest BCUT2D eigenvalue weighted by Crippen LogP contribution is -2.45. The highest BCUT2D eigenvalue weighted by Gasteiger charge is 2.33. The fourth-order valence-corrected chi connectivity index (χ4v) is 2.73. The Morgan fingerprint density at radius 2 is 1.78 bits per heavy atom. The first kappa shape index (κ1) is 20.1. The van der Waals surface area contributed by atoms with E-state index in [2.05, 4.69) is 5.32 Å². The summed E-state index contributed by atoms with van der Waals surface area (Å²) in [6, 6.07) is 11.6. The van der Waals surface area contributed by atoms with Gasteiger partial charge in [0.25, 0.3) is 5.91 Å². The zero-order valence-electron chi connectivity index (χ0n) is 15.7. The molecule has 1 amide bonds. The maximum atomic E-state index is 12.8. The molecule has 0 saturated carbocycles. The molecule has 1 atom stereocenters. The number of esters is 1. The van der Waals surface area contributed by atoms with Crippen LogP contribution in [0.5, 0.6) is 17.2 Å². The average Bonchev–Trinajstić information content (AvgIpc) is 2.67. The summed E-state index contributed by atoms with van der Waals surface area (Å²) >= 11 is 0. The molecule has 2 aromatic carbocycles. The molecule has 27 heavy (non-hydrogen) atoms. The van der Waals surface area contributed by atoms with Crippen molar-refractivity contribution >= 4 is 11.9 Å². The SMILES string of the molecule is COC(=O)C[C@@](C)(NC(=O)c1cccc(OC)c1O)c1cccc(OC)c1. The summed E-state index contributed by atoms with van der Waals surface area (Å²) in [6.07, 6.45) is -0.104. The topological polar surface area (TPSA) is 94.1 Å². The van der Waals surface area contributed by atoms with E-state index in [-0.39, 0.29) is 23.5 Å². The lowest BCUT2D eigenvalue weighted by molar-refractivity contribution is -0.142. The Kier molecular flexibility index (Phi) is 6.28. The number of nitrogens with one attached hydrogen (secondary N) is 1. The number of phenolic OH excluding ortho intramolecular Hbond substituents is 1. The van der Waals surface area contributed by atoms with Crippen LogP contribution in [0.2, 0.25) is 0 Å². The lowest BCUT2D eigenvalue weighted by Gasteiger charge is -2.31. The Hall–Kier alpha value is -3.22. The molecular formula is C20H23NO6. The highest BCUT2D eigenvalue weighted by atomic mass is 16.5. The highest BCUT2D eigenvalue weighted by molar-refractivity contribution is 5.98. The maximum Gasteiger partial charge on any atom is 0.308 e. The number of aromatic hydroxyl groups is 1. The minimum atomic E-state index is -1.09. The molecule has 0 saturated heterocycles. The van der Waals surface area contributed by atoms with Gasteiger partial charge in [-0.25, -0.2) is 0 Å². The van der Waals surface area contributed by atoms with Gasteiger partial charge in [-0.05, 0) is 36.8 Å². The fraction of sp³-hybridized carbons (Fsp3) is 0.300. The summed E-state index contributed by atoms with van der Waals surface area (Å²) in [5.74, 6) is -0.555. The molecule has 0 aliphatic carbocycles. The van der Waals surface area contributed by atoms with Gasteiger partial charge in [-0.15, -0.1) is 0 Å². The number of carbonyl (C=O) groups is 2. The first-order valence-corrected chi connectivity index (χ1v) is 8.24. The normalized spacial score (nSPS) is 12.6. The molecule has 2 rings (SSSR count). The predicted molar refractivity (Wildman–Crippen MR) is 99.1 cm³/mol. The molecule has 0 heterocycles. The molecule has 0 spiro atoms. The van der Waals surface area contributed by atoms with Crippen LogP contribution in [0.3, 0.4) is 0 Å². The summed E-state index contributed by atoms with van der Waals surface area (Å²) in [7, 11) is 4.21. The molecular weight excluding hydrogens is 350 g/mol. The average molecular weight is 373 g/mol. The molecule has 0 radical (unpaired) electrons. The van der Waals surface area contributed by atoms with Gasteiger partial charge in [0, 0.05) is 0 Å². The molecule has 2 aromatic rings. The fourth-order valence-electron chi connectivity index (χ4n) is 2.73. The zero-order valence-corrected chi connectivity index (χ0v) is 15.7. The molecule has 7 nitrogen and oxygen atoms in total. The van der Waals surface area contributed by atoms with Gasteiger partial charge in [0.15, 0.2) is 11.5 Å². The molecule has 144 valence electrons. The van der Waals surface area contributed by atoms with Gasteiger partial charge in [0.05, 0.1) is 38.9 Å². The van der Waals surface area contributed by atoms with Crippen LogP contribution >= 0.6 is 0 Å². The number of amides is 1. The molecule has 0 aromatic heterocycles. The number of rotatable bonds is 7. The second kappa shape index (κ2) is 8.44. The Morgan fingerprint density at radius 3 is 2.41 bits per heavy atom. The molecule has 0 bridgehead atoms. The summed E-state index contributed by atoms with van der Waals surface area (Å²) in [5.41, 5.74) is -0.398. The number of para-hydroxylation sites is 1. The van der Waals surface area contributed by atoms with Gasteiger partial charge >= 0.3 is 5.97 Å². The Labute approximate surface area is 157 Å². The van der Waals surface area contributed by atoms with Gasteiger partial charge in [0.2, 0.25) is 0 Å². The number of phenols is 1. The molecule has 0 aliphatic rings. The van der Waals surface area contributed by atoms with E-state index >= 15 is 0 Å². The second-order valence-electron chi connectivity index (χ2n) is 6.13. The Balaban J connectivity index is 2.42. The monoisotopic (exact) mass is 373 g/mol. The first-order chi connectivity index (χ1) is 12.8. The smallest absolute Gasteiger partial charge is 0.308 e. The van der Waals surface area contributed by atoms with E-state index in [1.165, 1.54) is 27.4 Å². The lowest BCUT2D eigenvalue weighted by atomic mass is 9.88. The van der Waals surface area contributed by atoms with Crippen molar-refractivity contribution in [2.75, 3.05) is 21.3 Å². The van der Waals surface area contributed by atoms with Crippen LogP contribution < -0.4 is 14.8 Å². The van der Waals surface area contributed by atoms with Crippen molar-refractivity contribution in [1.82, 2.24) is 5.32 Å². The van der Waals surface area contributed by atoms with Crippen LogP contribution in [-0.4, -0.2) is 38.3 Å². The molecule has 7 heteroatoms. The first-order valence-electron chi connectivity index (χ1n) is 8.24. The van der Waals surface area contributed by atoms with E-state index in [1.807, 2.05) is 0 Å². The van der Waals surface area contributed by atoms with Crippen molar-refractivity contribution < 1.29 is 28.9 Å². The number of methoxy groups -OCH3 is 3. The van der Waals surface area contributed by atoms with Gasteiger partial charge in [-0.1, -0.05) is 18.2 Å². The van der Waals surface area contributed by atoms with Crippen LogP contribution in [0.15, 0.2) is 42.5 Å². The maximum absolute atomic E-state index is 12.8. The second-order valence-corrected chi connectivity index (χ2v) is 6.13. The third-order valence-corrected chi connectivity index (χ3v) is 4.29. The Morgan fingerprint density at radius 1 is 1.07 bits per heavy atom. The highest BCUT2D eigenvalue weighted by Crippen LogP contribution is 2.32. The summed E-state index contributed by atoms with van der Waals surface area (Å²) in [5, 5.41) is 13.1. The van der Waals surface area contributed by atoms with E-state index in [9.17, 15) is 14.7 Å². The largest absolute Gasteiger partial charge is 0.504 e. The van der Waals surface area contributed by atoms with E-state index in [4.69, 9.17) is 14.2 Å². The third kappa shape index (κ3) is 4.49. The van der Waals surface area contributed by atoms with Gasteiger partial charge in [-0.2, -0.15) is 0 Å². The van der Waals surface area contributed by atoms with Crippen molar-refractivity contribution in [1.29, 1.82) is 0 Å². The van der Waals surface area contributed by atoms with Crippen molar-refractivity contribution in [2.45, 2.75) is 18.9 Å².